The molecule has 1 amide bonds. The van der Waals surface area contributed by atoms with Crippen LogP contribution in [0.3, 0.4) is 0 Å². The van der Waals surface area contributed by atoms with Crippen molar-refractivity contribution in [2.45, 2.75) is 25.8 Å². The van der Waals surface area contributed by atoms with Crippen LogP contribution in [0.25, 0.3) is 5.69 Å². The van der Waals surface area contributed by atoms with Crippen LogP contribution in [0, 0.1) is 4.77 Å². The Labute approximate surface area is 164 Å². The lowest BCUT2D eigenvalue weighted by Crippen LogP contribution is -2.10. The van der Waals surface area contributed by atoms with Crippen molar-refractivity contribution >= 4 is 46.8 Å². The number of aromatic hydroxyl groups is 1. The van der Waals surface area contributed by atoms with Gasteiger partial charge in [0.25, 0.3) is 5.91 Å². The second-order valence-corrected chi connectivity index (χ2v) is 7.81. The summed E-state index contributed by atoms with van der Waals surface area (Å²) in [6.45, 7) is 0.807. The molecule has 0 unspecified atom stereocenters. The SMILES string of the molecule is O=C(Nc1ccc(-n2c(O)c3n(c2=S)CCCC3)c(Cl)c1)c1cccs1. The van der Waals surface area contributed by atoms with Crippen molar-refractivity contribution in [2.24, 2.45) is 0 Å². The fourth-order valence-electron chi connectivity index (χ4n) is 3.20. The molecule has 2 aromatic heterocycles. The van der Waals surface area contributed by atoms with Crippen molar-refractivity contribution in [3.8, 4) is 11.6 Å². The van der Waals surface area contributed by atoms with E-state index >= 15 is 0 Å². The molecule has 0 radical (unpaired) electrons. The molecule has 5 nitrogen and oxygen atoms in total. The number of halogens is 1. The lowest BCUT2D eigenvalue weighted by atomic mass is 10.1. The number of fused-ring (bicyclic) bond motifs is 1. The van der Waals surface area contributed by atoms with E-state index in [-0.39, 0.29) is 11.8 Å². The number of carbonyl (C=O) groups is 1. The van der Waals surface area contributed by atoms with Gasteiger partial charge in [0, 0.05) is 12.2 Å². The fraction of sp³-hybridized carbons (Fsp3) is 0.222. The van der Waals surface area contributed by atoms with Gasteiger partial charge in [0.2, 0.25) is 5.88 Å². The van der Waals surface area contributed by atoms with Crippen molar-refractivity contribution in [1.29, 1.82) is 0 Å². The Balaban J connectivity index is 1.68. The van der Waals surface area contributed by atoms with Gasteiger partial charge in [-0.3, -0.25) is 9.36 Å². The maximum Gasteiger partial charge on any atom is 0.265 e. The number of hydrogen-bond acceptors (Lipinski definition) is 4. The molecule has 26 heavy (non-hydrogen) atoms. The minimum Gasteiger partial charge on any atom is -0.493 e. The summed E-state index contributed by atoms with van der Waals surface area (Å²) in [7, 11) is 0. The molecule has 0 saturated carbocycles. The number of amides is 1. The summed E-state index contributed by atoms with van der Waals surface area (Å²) < 4.78 is 4.11. The van der Waals surface area contributed by atoms with Crippen molar-refractivity contribution in [2.75, 3.05) is 5.32 Å². The maximum absolute atomic E-state index is 12.2. The third kappa shape index (κ3) is 2.96. The number of aromatic nitrogens is 2. The first-order valence-corrected chi connectivity index (χ1v) is 9.91. The Morgan fingerprint density at radius 3 is 2.85 bits per heavy atom. The highest BCUT2D eigenvalue weighted by Crippen LogP contribution is 2.33. The fourth-order valence-corrected chi connectivity index (χ4v) is 4.47. The van der Waals surface area contributed by atoms with Crippen LogP contribution >= 0.6 is 35.2 Å². The molecule has 2 N–H and O–H groups in total. The van der Waals surface area contributed by atoms with Crippen LogP contribution in [0.5, 0.6) is 5.88 Å². The van der Waals surface area contributed by atoms with Crippen molar-refractivity contribution in [3.05, 3.63) is 56.1 Å². The monoisotopic (exact) mass is 405 g/mol. The number of nitrogens with one attached hydrogen (secondary N) is 1. The molecule has 0 aliphatic carbocycles. The van der Waals surface area contributed by atoms with E-state index in [4.69, 9.17) is 23.8 Å². The standard InChI is InChI=1S/C18H16ClN3O2S2/c19-12-10-11(20-16(23)15-5-3-9-26-15)6-7-13(12)22-17(24)14-4-1-2-8-21(14)18(22)25/h3,5-7,9-10,24H,1-2,4,8H2,(H,20,23). The average Bonchev–Trinajstić information content (AvgIpc) is 3.25. The van der Waals surface area contributed by atoms with Gasteiger partial charge < -0.3 is 15.0 Å². The van der Waals surface area contributed by atoms with Crippen LogP contribution in [0.4, 0.5) is 5.69 Å². The van der Waals surface area contributed by atoms with Gasteiger partial charge in [-0.25, -0.2) is 0 Å². The summed E-state index contributed by atoms with van der Waals surface area (Å²) in [5.74, 6) is -0.0328. The maximum atomic E-state index is 12.2. The number of carbonyl (C=O) groups excluding carboxylic acids is 1. The molecule has 8 heteroatoms. The predicted molar refractivity (Wildman–Crippen MR) is 106 cm³/mol. The Kier molecular flexibility index (Phi) is 4.60. The molecule has 0 bridgehead atoms. The van der Waals surface area contributed by atoms with E-state index < -0.39 is 0 Å². The molecule has 0 atom stereocenters. The zero-order chi connectivity index (χ0) is 18.3. The highest BCUT2D eigenvalue weighted by Gasteiger charge is 2.22. The zero-order valence-electron chi connectivity index (χ0n) is 13.7. The minimum absolute atomic E-state index is 0.145. The molecule has 3 heterocycles. The van der Waals surface area contributed by atoms with Gasteiger partial charge in [-0.05, 0) is 61.1 Å². The summed E-state index contributed by atoms with van der Waals surface area (Å²) >= 11 is 13.4. The van der Waals surface area contributed by atoms with Gasteiger partial charge in [0.05, 0.1) is 21.3 Å². The molecule has 0 spiro atoms. The minimum atomic E-state index is -0.178. The van der Waals surface area contributed by atoms with Crippen LogP contribution in [0.15, 0.2) is 35.7 Å². The summed E-state index contributed by atoms with van der Waals surface area (Å²) in [6.07, 6.45) is 2.88. The van der Waals surface area contributed by atoms with Crippen LogP contribution in [-0.2, 0) is 13.0 Å². The van der Waals surface area contributed by atoms with E-state index in [1.807, 2.05) is 16.0 Å². The lowest BCUT2D eigenvalue weighted by molar-refractivity contribution is 0.103. The second-order valence-electron chi connectivity index (χ2n) is 6.09. The third-order valence-corrected chi connectivity index (χ3v) is 6.03. The number of imidazole rings is 1. The number of thiophene rings is 1. The van der Waals surface area contributed by atoms with E-state index in [1.54, 1.807) is 28.8 Å². The van der Waals surface area contributed by atoms with E-state index in [2.05, 4.69) is 5.32 Å². The average molecular weight is 406 g/mol. The largest absolute Gasteiger partial charge is 0.493 e. The normalized spacial score (nSPS) is 13.4. The molecule has 4 rings (SSSR count). The topological polar surface area (TPSA) is 59.2 Å². The van der Waals surface area contributed by atoms with Crippen LogP contribution in [-0.4, -0.2) is 20.1 Å². The van der Waals surface area contributed by atoms with Gasteiger partial charge in [-0.15, -0.1) is 11.3 Å². The van der Waals surface area contributed by atoms with Crippen molar-refractivity contribution in [3.63, 3.8) is 0 Å². The van der Waals surface area contributed by atoms with E-state index in [9.17, 15) is 9.90 Å². The van der Waals surface area contributed by atoms with Crippen LogP contribution < -0.4 is 5.32 Å². The smallest absolute Gasteiger partial charge is 0.265 e. The first-order valence-electron chi connectivity index (χ1n) is 8.24. The third-order valence-electron chi connectivity index (χ3n) is 4.45. The predicted octanol–water partition coefficient (Wildman–Crippen LogP) is 5.02. The van der Waals surface area contributed by atoms with E-state index in [0.717, 1.165) is 31.5 Å². The summed E-state index contributed by atoms with van der Waals surface area (Å²) in [5.41, 5.74) is 2.05. The number of benzene rings is 1. The molecule has 3 aromatic rings. The Bertz CT molecular complexity index is 1040. The molecule has 1 aromatic carbocycles. The second kappa shape index (κ2) is 6.90. The van der Waals surface area contributed by atoms with Gasteiger partial charge in [-0.1, -0.05) is 17.7 Å². The molecule has 1 aliphatic heterocycles. The molecular formula is C18H16ClN3O2S2. The summed E-state index contributed by atoms with van der Waals surface area (Å²) in [5, 5.41) is 15.7. The highest BCUT2D eigenvalue weighted by molar-refractivity contribution is 7.71. The Morgan fingerprint density at radius 1 is 1.31 bits per heavy atom. The molecule has 0 saturated heterocycles. The Morgan fingerprint density at radius 2 is 2.15 bits per heavy atom. The van der Waals surface area contributed by atoms with Gasteiger partial charge >= 0.3 is 0 Å². The quantitative estimate of drug-likeness (QED) is 0.601. The van der Waals surface area contributed by atoms with Gasteiger partial charge in [0.15, 0.2) is 4.77 Å². The number of hydrogen-bond donors (Lipinski definition) is 2. The highest BCUT2D eigenvalue weighted by atomic mass is 35.5. The van der Waals surface area contributed by atoms with Crippen molar-refractivity contribution < 1.29 is 9.90 Å². The first-order chi connectivity index (χ1) is 12.6. The molecule has 1 aliphatic rings. The molecule has 134 valence electrons. The Hall–Kier alpha value is -2.09. The van der Waals surface area contributed by atoms with Crippen molar-refractivity contribution in [1.82, 2.24) is 9.13 Å². The summed E-state index contributed by atoms with van der Waals surface area (Å²) in [6, 6.07) is 8.77. The number of anilines is 1. The number of nitrogens with zero attached hydrogens (tertiary/aromatic N) is 2. The molecule has 0 fully saturated rings. The molecular weight excluding hydrogens is 390 g/mol. The van der Waals surface area contributed by atoms with Gasteiger partial charge in [0.1, 0.15) is 0 Å². The lowest BCUT2D eigenvalue weighted by Gasteiger charge is -2.12. The van der Waals surface area contributed by atoms with Gasteiger partial charge in [-0.2, -0.15) is 0 Å². The van der Waals surface area contributed by atoms with Crippen LogP contribution in [0.1, 0.15) is 28.2 Å². The van der Waals surface area contributed by atoms with Crippen LogP contribution in [0.2, 0.25) is 5.02 Å². The summed E-state index contributed by atoms with van der Waals surface area (Å²) in [4.78, 5) is 12.8. The van der Waals surface area contributed by atoms with E-state index in [1.165, 1.54) is 11.3 Å². The zero-order valence-corrected chi connectivity index (χ0v) is 16.1. The first kappa shape index (κ1) is 17.3. The number of rotatable bonds is 3. The van der Waals surface area contributed by atoms with E-state index in [0.29, 0.717) is 26.0 Å².